The molecule has 1 aliphatic heterocycles. The number of rotatable bonds is 1. The fraction of sp³-hybridized carbons (Fsp3) is 0.727. The summed E-state index contributed by atoms with van der Waals surface area (Å²) in [6.07, 6.45) is 3.99. The van der Waals surface area contributed by atoms with Crippen LogP contribution in [0, 0.1) is 0 Å². The molecule has 0 aromatic rings. The third-order valence-electron chi connectivity index (χ3n) is 1.56. The smallest absolute Gasteiger partial charge is 0.0892 e. The van der Waals surface area contributed by atoms with Crippen molar-refractivity contribution >= 4 is 6.34 Å². The molecule has 1 rings (SSSR count). The minimum atomic E-state index is 0.950. The fourth-order valence-corrected chi connectivity index (χ4v) is 0.813. The van der Waals surface area contributed by atoms with E-state index in [1.807, 2.05) is 41.0 Å². The van der Waals surface area contributed by atoms with E-state index in [9.17, 15) is 0 Å². The molecule has 1 heterocycles. The molecule has 0 spiro atoms. The highest BCUT2D eigenvalue weighted by Crippen LogP contribution is 2.03. The van der Waals surface area contributed by atoms with Crippen LogP contribution in [0.2, 0.25) is 0 Å². The van der Waals surface area contributed by atoms with E-state index >= 15 is 0 Å². The predicted octanol–water partition coefficient (Wildman–Crippen LogP) is 3.31. The Bertz CT molecular complexity index is 148. The molecule has 0 saturated heterocycles. The molecule has 0 aromatic carbocycles. The minimum Gasteiger partial charge on any atom is -0.335 e. The van der Waals surface area contributed by atoms with Crippen molar-refractivity contribution in [2.45, 2.75) is 41.5 Å². The Balaban J connectivity index is 0. The summed E-state index contributed by atoms with van der Waals surface area (Å²) in [5.74, 6) is 0. The standard InChI is InChI=1S/C7H12N2.2C2H6/c1-3-7(2)9-5-4-8-6-9;2*1-2/h3,6H,4-5H2,1-2H3;2*1-2H3/b7-3-;;. The lowest BCUT2D eigenvalue weighted by Crippen LogP contribution is -2.16. The normalized spacial score (nSPS) is 14.3. The van der Waals surface area contributed by atoms with Gasteiger partial charge in [0.25, 0.3) is 0 Å². The molecule has 0 unspecified atom stereocenters. The number of aliphatic imine (C=N–C) groups is 1. The highest BCUT2D eigenvalue weighted by atomic mass is 15.2. The van der Waals surface area contributed by atoms with Crippen LogP contribution in [0.1, 0.15) is 41.5 Å². The van der Waals surface area contributed by atoms with Crippen molar-refractivity contribution in [3.05, 3.63) is 11.8 Å². The van der Waals surface area contributed by atoms with Gasteiger partial charge in [-0.3, -0.25) is 4.99 Å². The summed E-state index contributed by atoms with van der Waals surface area (Å²) in [7, 11) is 0. The van der Waals surface area contributed by atoms with Gasteiger partial charge in [-0.05, 0) is 13.8 Å². The first-order valence-corrected chi connectivity index (χ1v) is 5.24. The maximum atomic E-state index is 4.09. The average molecular weight is 184 g/mol. The summed E-state index contributed by atoms with van der Waals surface area (Å²) in [5.41, 5.74) is 1.29. The van der Waals surface area contributed by atoms with Crippen molar-refractivity contribution in [1.29, 1.82) is 0 Å². The molecule has 2 nitrogen and oxygen atoms in total. The molecular formula is C11H24N2. The summed E-state index contributed by atoms with van der Waals surface area (Å²) in [4.78, 5) is 6.25. The van der Waals surface area contributed by atoms with E-state index in [0.717, 1.165) is 13.1 Å². The summed E-state index contributed by atoms with van der Waals surface area (Å²) in [6.45, 7) is 14.1. The molecule has 1 aliphatic rings. The van der Waals surface area contributed by atoms with Crippen LogP contribution in [0.25, 0.3) is 0 Å². The number of hydrogen-bond donors (Lipinski definition) is 0. The first-order chi connectivity index (χ1) is 6.34. The van der Waals surface area contributed by atoms with E-state index < -0.39 is 0 Å². The minimum absolute atomic E-state index is 0.950. The Morgan fingerprint density at radius 1 is 1.31 bits per heavy atom. The second-order valence-electron chi connectivity index (χ2n) is 2.15. The average Bonchev–Trinajstić information content (AvgIpc) is 2.76. The maximum Gasteiger partial charge on any atom is 0.0892 e. The summed E-state index contributed by atoms with van der Waals surface area (Å²) >= 11 is 0. The summed E-state index contributed by atoms with van der Waals surface area (Å²) in [6, 6.07) is 0. The molecule has 0 bridgehead atoms. The van der Waals surface area contributed by atoms with Crippen LogP contribution in [-0.2, 0) is 0 Å². The van der Waals surface area contributed by atoms with Crippen LogP contribution in [-0.4, -0.2) is 24.3 Å². The Hall–Kier alpha value is -0.790. The largest absolute Gasteiger partial charge is 0.335 e. The van der Waals surface area contributed by atoms with Crippen LogP contribution < -0.4 is 0 Å². The molecule has 0 amide bonds. The van der Waals surface area contributed by atoms with Gasteiger partial charge < -0.3 is 4.90 Å². The van der Waals surface area contributed by atoms with E-state index in [-0.39, 0.29) is 0 Å². The monoisotopic (exact) mass is 184 g/mol. The molecule has 2 heteroatoms. The number of hydrogen-bond acceptors (Lipinski definition) is 2. The quantitative estimate of drug-likeness (QED) is 0.610. The maximum absolute atomic E-state index is 4.09. The Labute approximate surface area is 83.4 Å². The molecule has 0 N–H and O–H groups in total. The molecule has 0 radical (unpaired) electrons. The van der Waals surface area contributed by atoms with Gasteiger partial charge in [0, 0.05) is 12.2 Å². The van der Waals surface area contributed by atoms with Crippen molar-refractivity contribution < 1.29 is 0 Å². The molecule has 0 saturated carbocycles. The van der Waals surface area contributed by atoms with E-state index in [1.165, 1.54) is 5.70 Å². The van der Waals surface area contributed by atoms with Crippen molar-refractivity contribution in [3.63, 3.8) is 0 Å². The zero-order chi connectivity index (χ0) is 10.7. The van der Waals surface area contributed by atoms with E-state index in [1.54, 1.807) is 0 Å². The van der Waals surface area contributed by atoms with Crippen LogP contribution in [0.5, 0.6) is 0 Å². The highest BCUT2D eigenvalue weighted by molar-refractivity contribution is 5.59. The lowest BCUT2D eigenvalue weighted by Gasteiger charge is -2.12. The molecule has 0 atom stereocenters. The van der Waals surface area contributed by atoms with Gasteiger partial charge in [-0.1, -0.05) is 33.8 Å². The Morgan fingerprint density at radius 3 is 2.15 bits per heavy atom. The van der Waals surface area contributed by atoms with Gasteiger partial charge in [-0.25, -0.2) is 0 Å². The van der Waals surface area contributed by atoms with Gasteiger partial charge in [0.2, 0.25) is 0 Å². The molecule has 13 heavy (non-hydrogen) atoms. The highest BCUT2D eigenvalue weighted by Gasteiger charge is 2.04. The molecule has 0 aromatic heterocycles. The molecule has 0 aliphatic carbocycles. The molecule has 0 fully saturated rings. The molecular weight excluding hydrogens is 160 g/mol. The van der Waals surface area contributed by atoms with Crippen molar-refractivity contribution in [1.82, 2.24) is 4.90 Å². The van der Waals surface area contributed by atoms with E-state index in [2.05, 4.69) is 22.9 Å². The second kappa shape index (κ2) is 11.2. The zero-order valence-electron chi connectivity index (χ0n) is 9.96. The fourth-order valence-electron chi connectivity index (χ4n) is 0.813. The van der Waals surface area contributed by atoms with Crippen LogP contribution in [0.4, 0.5) is 0 Å². The Morgan fingerprint density at radius 2 is 1.85 bits per heavy atom. The van der Waals surface area contributed by atoms with Crippen molar-refractivity contribution in [3.8, 4) is 0 Å². The molecule has 78 valence electrons. The summed E-state index contributed by atoms with van der Waals surface area (Å²) < 4.78 is 0. The third kappa shape index (κ3) is 6.38. The van der Waals surface area contributed by atoms with Crippen LogP contribution >= 0.6 is 0 Å². The lowest BCUT2D eigenvalue weighted by molar-refractivity contribution is 0.573. The zero-order valence-corrected chi connectivity index (χ0v) is 9.96. The van der Waals surface area contributed by atoms with Crippen molar-refractivity contribution in [2.24, 2.45) is 4.99 Å². The van der Waals surface area contributed by atoms with E-state index in [4.69, 9.17) is 0 Å². The first-order valence-electron chi connectivity index (χ1n) is 5.24. The van der Waals surface area contributed by atoms with Gasteiger partial charge in [-0.2, -0.15) is 0 Å². The number of allylic oxidation sites excluding steroid dienone is 2. The van der Waals surface area contributed by atoms with Gasteiger partial charge >= 0.3 is 0 Å². The summed E-state index contributed by atoms with van der Waals surface area (Å²) in [5, 5.41) is 0. The first kappa shape index (κ1) is 14.7. The van der Waals surface area contributed by atoms with Crippen molar-refractivity contribution in [2.75, 3.05) is 13.1 Å². The van der Waals surface area contributed by atoms with Crippen LogP contribution in [0.15, 0.2) is 16.8 Å². The van der Waals surface area contributed by atoms with Gasteiger partial charge in [0.05, 0.1) is 12.9 Å². The Kier molecular flexibility index (Phi) is 12.7. The number of nitrogens with zero attached hydrogens (tertiary/aromatic N) is 2. The lowest BCUT2D eigenvalue weighted by atomic mass is 10.4. The SMILES string of the molecule is C/C=C(/C)N1C=NCC1.CC.CC. The third-order valence-corrected chi connectivity index (χ3v) is 1.56. The van der Waals surface area contributed by atoms with Gasteiger partial charge in [-0.15, -0.1) is 0 Å². The van der Waals surface area contributed by atoms with E-state index in [0.29, 0.717) is 0 Å². The van der Waals surface area contributed by atoms with Gasteiger partial charge in [0.1, 0.15) is 0 Å². The predicted molar refractivity (Wildman–Crippen MR) is 62.2 cm³/mol. The topological polar surface area (TPSA) is 15.6 Å². The van der Waals surface area contributed by atoms with Crippen LogP contribution in [0.3, 0.4) is 0 Å². The second-order valence-corrected chi connectivity index (χ2v) is 2.15. The van der Waals surface area contributed by atoms with Gasteiger partial charge in [0.15, 0.2) is 0 Å².